The number of hydrogen-bond acceptors (Lipinski definition) is 10. The van der Waals surface area contributed by atoms with Crippen LogP contribution in [0, 0.1) is 23.2 Å². The van der Waals surface area contributed by atoms with Gasteiger partial charge in [0, 0.05) is 68.4 Å². The SMILES string of the molecule is CO[C@H]1CCN(c2nccc(Nc3cc4c(C(C)C)ccc(N5C[C@H](CS(C)(=O)=O)[C@H]5C)c4cn3)n2)C[C@H]1C#N. The van der Waals surface area contributed by atoms with E-state index in [4.69, 9.17) is 14.7 Å². The summed E-state index contributed by atoms with van der Waals surface area (Å²) in [7, 11) is -1.37. The van der Waals surface area contributed by atoms with E-state index in [0.717, 1.165) is 29.4 Å². The summed E-state index contributed by atoms with van der Waals surface area (Å²) in [5.74, 6) is 2.28. The van der Waals surface area contributed by atoms with E-state index in [-0.39, 0.29) is 29.7 Å². The second kappa shape index (κ2) is 11.2. The Balaban J connectivity index is 1.40. The average molecular weight is 564 g/mol. The maximum atomic E-state index is 11.8. The molecule has 10 nitrogen and oxygen atoms in total. The normalized spacial score (nSPS) is 23.2. The van der Waals surface area contributed by atoms with Crippen LogP contribution in [0.15, 0.2) is 36.7 Å². The summed E-state index contributed by atoms with van der Waals surface area (Å²) in [6, 6.07) is 10.7. The molecule has 1 N–H and O–H groups in total. The lowest BCUT2D eigenvalue weighted by atomic mass is 9.88. The zero-order valence-corrected chi connectivity index (χ0v) is 24.5. The zero-order chi connectivity index (χ0) is 28.6. The molecule has 4 heterocycles. The molecule has 0 aliphatic carbocycles. The molecule has 0 unspecified atom stereocenters. The van der Waals surface area contributed by atoms with Crippen LogP contribution >= 0.6 is 0 Å². The number of rotatable bonds is 8. The highest BCUT2D eigenvalue weighted by Gasteiger charge is 2.38. The van der Waals surface area contributed by atoms with Crippen molar-refractivity contribution in [1.82, 2.24) is 15.0 Å². The smallest absolute Gasteiger partial charge is 0.227 e. The van der Waals surface area contributed by atoms with Crippen LogP contribution in [0.2, 0.25) is 0 Å². The Morgan fingerprint density at radius 3 is 2.65 bits per heavy atom. The van der Waals surface area contributed by atoms with Crippen molar-refractivity contribution < 1.29 is 13.2 Å². The number of aromatic nitrogens is 3. The van der Waals surface area contributed by atoms with Gasteiger partial charge >= 0.3 is 0 Å². The molecule has 11 heteroatoms. The van der Waals surface area contributed by atoms with Crippen molar-refractivity contribution in [1.29, 1.82) is 5.26 Å². The summed E-state index contributed by atoms with van der Waals surface area (Å²) in [6.07, 6.45) is 5.58. The highest BCUT2D eigenvalue weighted by molar-refractivity contribution is 7.90. The number of nitrogens with zero attached hydrogens (tertiary/aromatic N) is 6. The molecule has 2 aliphatic heterocycles. The van der Waals surface area contributed by atoms with Crippen molar-refractivity contribution >= 4 is 43.9 Å². The molecule has 212 valence electrons. The third kappa shape index (κ3) is 5.69. The van der Waals surface area contributed by atoms with Crippen LogP contribution in [0.1, 0.15) is 38.7 Å². The predicted octanol–water partition coefficient (Wildman–Crippen LogP) is 4.13. The lowest BCUT2D eigenvalue weighted by Gasteiger charge is -2.48. The van der Waals surface area contributed by atoms with Gasteiger partial charge in [0.25, 0.3) is 0 Å². The summed E-state index contributed by atoms with van der Waals surface area (Å²) >= 11 is 0. The van der Waals surface area contributed by atoms with E-state index < -0.39 is 9.84 Å². The Labute approximate surface area is 236 Å². The highest BCUT2D eigenvalue weighted by atomic mass is 32.2. The highest BCUT2D eigenvalue weighted by Crippen LogP contribution is 2.39. The number of anilines is 4. The van der Waals surface area contributed by atoms with E-state index in [9.17, 15) is 13.7 Å². The van der Waals surface area contributed by atoms with Crippen LogP contribution in [-0.4, -0.2) is 74.3 Å². The molecule has 0 amide bonds. The number of benzene rings is 1. The van der Waals surface area contributed by atoms with Crippen LogP contribution in [0.3, 0.4) is 0 Å². The first-order valence-corrected chi connectivity index (χ1v) is 15.8. The summed E-state index contributed by atoms with van der Waals surface area (Å²) in [5, 5.41) is 15.1. The fourth-order valence-electron chi connectivity index (χ4n) is 5.88. The number of sulfone groups is 1. The topological polar surface area (TPSA) is 124 Å². The molecular formula is C29H37N7O3S. The minimum absolute atomic E-state index is 0.0748. The van der Waals surface area contributed by atoms with Crippen molar-refractivity contribution in [3.8, 4) is 6.07 Å². The van der Waals surface area contributed by atoms with Crippen LogP contribution in [0.5, 0.6) is 0 Å². The molecule has 1 aromatic carbocycles. The number of fused-ring (bicyclic) bond motifs is 1. The molecular weight excluding hydrogens is 526 g/mol. The molecule has 3 aromatic rings. The zero-order valence-electron chi connectivity index (χ0n) is 23.7. The Morgan fingerprint density at radius 2 is 1.98 bits per heavy atom. The standard InChI is InChI=1S/C29H37N7O3S/c1-18(2)22-6-7-25(36-16-21(19(36)3)17-40(5,37)38)24-14-32-28(12-23(22)24)33-27-8-10-31-29(34-27)35-11-9-26(39-4)20(13-30)15-35/h6-8,10,12,14,18-21,26H,9,11,15-17H2,1-5H3,(H,31,32,33,34)/t19-,20-,21-,26+/m1/s1. The number of nitrogens with one attached hydrogen (secondary N) is 1. The fraction of sp³-hybridized carbons (Fsp3) is 0.517. The third-order valence-corrected chi connectivity index (χ3v) is 9.20. The van der Waals surface area contributed by atoms with E-state index in [1.54, 1.807) is 13.3 Å². The van der Waals surface area contributed by atoms with Gasteiger partial charge < -0.3 is 19.9 Å². The number of methoxy groups -OCH3 is 1. The molecule has 0 spiro atoms. The second-order valence-electron chi connectivity index (χ2n) is 11.3. The van der Waals surface area contributed by atoms with Gasteiger partial charge in [-0.05, 0) is 48.4 Å². The van der Waals surface area contributed by atoms with E-state index in [0.29, 0.717) is 36.6 Å². The molecule has 2 aromatic heterocycles. The number of pyridine rings is 1. The number of hydrogen-bond donors (Lipinski definition) is 1. The van der Waals surface area contributed by atoms with Gasteiger partial charge in [0.2, 0.25) is 5.95 Å². The van der Waals surface area contributed by atoms with Crippen molar-refractivity contribution in [3.63, 3.8) is 0 Å². The van der Waals surface area contributed by atoms with E-state index in [1.807, 2.05) is 17.2 Å². The van der Waals surface area contributed by atoms with Crippen molar-refractivity contribution in [2.24, 2.45) is 11.8 Å². The summed E-state index contributed by atoms with van der Waals surface area (Å²) in [5.41, 5.74) is 2.29. The maximum absolute atomic E-state index is 11.8. The van der Waals surface area contributed by atoms with Gasteiger partial charge in [-0.15, -0.1) is 0 Å². The molecule has 2 saturated heterocycles. The molecule has 0 saturated carbocycles. The monoisotopic (exact) mass is 563 g/mol. The minimum Gasteiger partial charge on any atom is -0.380 e. The van der Waals surface area contributed by atoms with Crippen molar-refractivity contribution in [2.45, 2.75) is 45.3 Å². The summed E-state index contributed by atoms with van der Waals surface area (Å²) in [4.78, 5) is 18.2. The van der Waals surface area contributed by atoms with Gasteiger partial charge in [-0.25, -0.2) is 18.4 Å². The molecule has 2 aliphatic rings. The molecule has 2 fully saturated rings. The Bertz CT molecular complexity index is 1540. The Morgan fingerprint density at radius 1 is 1.18 bits per heavy atom. The molecule has 40 heavy (non-hydrogen) atoms. The first-order chi connectivity index (χ1) is 19.1. The lowest BCUT2D eigenvalue weighted by molar-refractivity contribution is 0.0566. The van der Waals surface area contributed by atoms with Crippen molar-refractivity contribution in [3.05, 3.63) is 42.2 Å². The van der Waals surface area contributed by atoms with Gasteiger partial charge in [-0.2, -0.15) is 10.2 Å². The quantitative estimate of drug-likeness (QED) is 0.428. The predicted molar refractivity (Wildman–Crippen MR) is 158 cm³/mol. The first-order valence-electron chi connectivity index (χ1n) is 13.7. The number of piperidine rings is 1. The first kappa shape index (κ1) is 28.1. The van der Waals surface area contributed by atoms with E-state index in [1.165, 1.54) is 11.8 Å². The van der Waals surface area contributed by atoms with Crippen LogP contribution in [0.25, 0.3) is 10.8 Å². The van der Waals surface area contributed by atoms with Crippen LogP contribution in [0.4, 0.5) is 23.3 Å². The Hall–Kier alpha value is -3.49. The van der Waals surface area contributed by atoms with E-state index >= 15 is 0 Å². The molecule has 0 radical (unpaired) electrons. The maximum Gasteiger partial charge on any atom is 0.227 e. The molecule has 4 atom stereocenters. The van der Waals surface area contributed by atoms with Crippen LogP contribution in [-0.2, 0) is 14.6 Å². The fourth-order valence-corrected chi connectivity index (χ4v) is 7.04. The average Bonchev–Trinajstić information content (AvgIpc) is 2.93. The number of ether oxygens (including phenoxy) is 1. The number of nitriles is 1. The minimum atomic E-state index is -3.02. The third-order valence-electron chi connectivity index (χ3n) is 8.16. The van der Waals surface area contributed by atoms with E-state index in [2.05, 4.69) is 60.2 Å². The van der Waals surface area contributed by atoms with Gasteiger partial charge in [0.15, 0.2) is 0 Å². The van der Waals surface area contributed by atoms with Gasteiger partial charge in [-0.1, -0.05) is 19.9 Å². The summed E-state index contributed by atoms with van der Waals surface area (Å²) in [6.45, 7) is 8.39. The second-order valence-corrected chi connectivity index (χ2v) is 13.5. The largest absolute Gasteiger partial charge is 0.380 e. The summed E-state index contributed by atoms with van der Waals surface area (Å²) < 4.78 is 29.2. The molecule has 5 rings (SSSR count). The van der Waals surface area contributed by atoms with Gasteiger partial charge in [0.1, 0.15) is 21.5 Å². The van der Waals surface area contributed by atoms with Crippen molar-refractivity contribution in [2.75, 3.05) is 53.9 Å². The van der Waals surface area contributed by atoms with Gasteiger partial charge in [0.05, 0.1) is 23.8 Å². The Kier molecular flexibility index (Phi) is 7.84. The van der Waals surface area contributed by atoms with Gasteiger partial charge in [-0.3, -0.25) is 0 Å². The lowest BCUT2D eigenvalue weighted by Crippen LogP contribution is -2.57. The van der Waals surface area contributed by atoms with Crippen LogP contribution < -0.4 is 15.1 Å². The molecule has 0 bridgehead atoms.